The molecular weight excluding hydrogens is 447 g/mol. The van der Waals surface area contributed by atoms with Crippen molar-refractivity contribution in [1.82, 2.24) is 0 Å². The highest BCUT2D eigenvalue weighted by Crippen LogP contribution is 2.31. The summed E-state index contributed by atoms with van der Waals surface area (Å²) < 4.78 is 20.2. The minimum Gasteiger partial charge on any atom is -0.501 e. The highest BCUT2D eigenvalue weighted by atomic mass is 19.1. The zero-order chi connectivity index (χ0) is 25.9. The van der Waals surface area contributed by atoms with Crippen molar-refractivity contribution >= 4 is 17.5 Å². The molecule has 1 aliphatic heterocycles. The third kappa shape index (κ3) is 7.36. The zero-order valence-corrected chi connectivity index (χ0v) is 22.1. The molecule has 2 atom stereocenters. The smallest absolute Gasteiger partial charge is 0.132 e. The van der Waals surface area contributed by atoms with Gasteiger partial charge >= 0.3 is 0 Å². The van der Waals surface area contributed by atoms with E-state index >= 15 is 0 Å². The van der Waals surface area contributed by atoms with Gasteiger partial charge in [-0.3, -0.25) is 4.99 Å². The first-order chi connectivity index (χ1) is 17.5. The Bertz CT molecular complexity index is 1140. The number of rotatable bonds is 11. The van der Waals surface area contributed by atoms with Gasteiger partial charge in [0.25, 0.3) is 0 Å². The Morgan fingerprint density at radius 1 is 1.19 bits per heavy atom. The second kappa shape index (κ2) is 13.7. The van der Waals surface area contributed by atoms with E-state index < -0.39 is 0 Å². The van der Waals surface area contributed by atoms with E-state index in [1.165, 1.54) is 24.5 Å². The van der Waals surface area contributed by atoms with E-state index in [0.717, 1.165) is 54.0 Å². The van der Waals surface area contributed by atoms with Gasteiger partial charge in [0.1, 0.15) is 5.82 Å². The lowest BCUT2D eigenvalue weighted by Crippen LogP contribution is -2.25. The van der Waals surface area contributed by atoms with Crippen LogP contribution in [0.5, 0.6) is 0 Å². The summed E-state index contributed by atoms with van der Waals surface area (Å²) in [6.07, 6.45) is 12.0. The molecule has 190 valence electrons. The molecule has 0 N–H and O–H groups in total. The number of hydrogen-bond acceptors (Lipinski definition) is 3. The summed E-state index contributed by atoms with van der Waals surface area (Å²) in [5.41, 5.74) is 5.72. The van der Waals surface area contributed by atoms with Gasteiger partial charge in [-0.2, -0.15) is 0 Å². The first-order valence-electron chi connectivity index (χ1n) is 12.9. The Balaban J connectivity index is 1.74. The van der Waals surface area contributed by atoms with Gasteiger partial charge < -0.3 is 9.73 Å². The second-order valence-electron chi connectivity index (χ2n) is 9.44. The molecule has 2 unspecified atom stereocenters. The molecule has 0 bridgehead atoms. The summed E-state index contributed by atoms with van der Waals surface area (Å²) in [7, 11) is 3.48. The molecule has 1 aliphatic rings. The Kier molecular flexibility index (Phi) is 10.4. The molecule has 0 saturated heterocycles. The highest BCUT2D eigenvalue weighted by molar-refractivity contribution is 6.04. The minimum atomic E-state index is -0.230. The number of aryl methyl sites for hydroxylation is 1. The largest absolute Gasteiger partial charge is 0.501 e. The average Bonchev–Trinajstić information content (AvgIpc) is 2.89. The Hall–Kier alpha value is -3.27. The van der Waals surface area contributed by atoms with Gasteiger partial charge in [-0.25, -0.2) is 4.39 Å². The highest BCUT2D eigenvalue weighted by Gasteiger charge is 2.27. The minimum absolute atomic E-state index is 0.122. The number of nitrogens with zero attached hydrogens (tertiary/aromatic N) is 2. The quantitative estimate of drug-likeness (QED) is 0.179. The molecule has 0 radical (unpaired) electrons. The van der Waals surface area contributed by atoms with Gasteiger partial charge in [-0.05, 0) is 54.5 Å². The van der Waals surface area contributed by atoms with Gasteiger partial charge in [-0.15, -0.1) is 0 Å². The van der Waals surface area contributed by atoms with Crippen LogP contribution in [0, 0.1) is 17.7 Å². The van der Waals surface area contributed by atoms with Crippen LogP contribution in [0.25, 0.3) is 5.57 Å². The lowest BCUT2D eigenvalue weighted by Gasteiger charge is -2.27. The van der Waals surface area contributed by atoms with Crippen LogP contribution in [-0.4, -0.2) is 26.1 Å². The van der Waals surface area contributed by atoms with Gasteiger partial charge in [0, 0.05) is 42.8 Å². The second-order valence-corrected chi connectivity index (χ2v) is 9.44. The first-order valence-corrected chi connectivity index (χ1v) is 12.9. The fourth-order valence-electron chi connectivity index (χ4n) is 4.59. The Labute approximate surface area is 216 Å². The third-order valence-electron chi connectivity index (χ3n) is 6.67. The zero-order valence-electron chi connectivity index (χ0n) is 22.1. The van der Waals surface area contributed by atoms with Crippen molar-refractivity contribution in [2.24, 2.45) is 21.8 Å². The van der Waals surface area contributed by atoms with Gasteiger partial charge in [0.2, 0.25) is 0 Å². The van der Waals surface area contributed by atoms with E-state index in [1.807, 2.05) is 24.4 Å². The number of unbranched alkanes of at least 4 members (excludes halogenated alkanes) is 1. The summed E-state index contributed by atoms with van der Waals surface area (Å²) in [5, 5.41) is 0. The first kappa shape index (κ1) is 27.3. The Morgan fingerprint density at radius 3 is 2.61 bits per heavy atom. The predicted molar refractivity (Wildman–Crippen MR) is 151 cm³/mol. The SMILES string of the molecule is C=C(/C=C(/CC/C=C1/N=C(c2ccccc2F)C(C)CC1C=NC)OC)c1ccc(CCCC)cc1. The van der Waals surface area contributed by atoms with Crippen molar-refractivity contribution in [3.05, 3.63) is 101 Å². The van der Waals surface area contributed by atoms with Crippen molar-refractivity contribution in [2.75, 3.05) is 14.2 Å². The average molecular weight is 487 g/mol. The summed E-state index contributed by atoms with van der Waals surface area (Å²) in [6.45, 7) is 8.57. The predicted octanol–water partition coefficient (Wildman–Crippen LogP) is 8.22. The van der Waals surface area contributed by atoms with Gasteiger partial charge in [0.15, 0.2) is 0 Å². The van der Waals surface area contributed by atoms with Crippen LogP contribution >= 0.6 is 0 Å². The number of ether oxygens (including phenoxy) is 1. The van der Waals surface area contributed by atoms with Crippen LogP contribution in [-0.2, 0) is 11.2 Å². The van der Waals surface area contributed by atoms with Crippen molar-refractivity contribution in [1.29, 1.82) is 0 Å². The lowest BCUT2D eigenvalue weighted by molar-refractivity contribution is 0.278. The molecule has 2 aromatic rings. The van der Waals surface area contributed by atoms with E-state index in [0.29, 0.717) is 5.56 Å². The van der Waals surface area contributed by atoms with Gasteiger partial charge in [0.05, 0.1) is 18.6 Å². The summed E-state index contributed by atoms with van der Waals surface area (Å²) in [5.74, 6) is 0.909. The van der Waals surface area contributed by atoms with E-state index in [1.54, 1.807) is 20.2 Å². The van der Waals surface area contributed by atoms with Crippen molar-refractivity contribution < 1.29 is 9.13 Å². The normalized spacial score (nSPS) is 19.5. The number of hydrogen-bond donors (Lipinski definition) is 0. The lowest BCUT2D eigenvalue weighted by atomic mass is 9.84. The third-order valence-corrected chi connectivity index (χ3v) is 6.67. The molecule has 0 aliphatic carbocycles. The van der Waals surface area contributed by atoms with E-state index in [-0.39, 0.29) is 17.7 Å². The molecule has 3 rings (SSSR count). The van der Waals surface area contributed by atoms with Crippen molar-refractivity contribution in [3.63, 3.8) is 0 Å². The van der Waals surface area contributed by atoms with Crippen LogP contribution in [0.2, 0.25) is 0 Å². The number of aliphatic imine (C=N–C) groups is 2. The maximum atomic E-state index is 14.5. The standard InChI is InChI=1S/C32H39FN2O/c1-6-7-11-25-16-18-26(19-17-25)23(2)21-28(36-5)12-10-15-31-27(22-34-4)20-24(3)32(35-31)29-13-8-9-14-30(29)33/h8-9,13-19,21-22,24,27H,2,6-7,10-12,20H2,1,3-5H3/b28-21-,31-15+,34-22?. The molecule has 2 aromatic carbocycles. The van der Waals surface area contributed by atoms with E-state index in [9.17, 15) is 4.39 Å². The number of methoxy groups -OCH3 is 1. The topological polar surface area (TPSA) is 34.0 Å². The maximum absolute atomic E-state index is 14.5. The fourth-order valence-corrected chi connectivity index (χ4v) is 4.59. The van der Waals surface area contributed by atoms with Crippen LogP contribution in [0.15, 0.2) is 88.7 Å². The molecule has 36 heavy (non-hydrogen) atoms. The van der Waals surface area contributed by atoms with E-state index in [2.05, 4.69) is 55.8 Å². The maximum Gasteiger partial charge on any atom is 0.132 e. The number of halogens is 1. The molecule has 0 saturated carbocycles. The molecule has 0 aromatic heterocycles. The molecule has 1 heterocycles. The number of allylic oxidation sites excluding steroid dienone is 5. The molecule has 0 amide bonds. The molecule has 4 heteroatoms. The van der Waals surface area contributed by atoms with Crippen LogP contribution < -0.4 is 0 Å². The van der Waals surface area contributed by atoms with Crippen LogP contribution in [0.4, 0.5) is 4.39 Å². The number of benzene rings is 2. The molecule has 0 fully saturated rings. The molecule has 0 spiro atoms. The van der Waals surface area contributed by atoms with Gasteiger partial charge in [-0.1, -0.05) is 75.4 Å². The molecule has 3 nitrogen and oxygen atoms in total. The summed E-state index contributed by atoms with van der Waals surface area (Å²) in [6, 6.07) is 15.5. The van der Waals surface area contributed by atoms with Crippen LogP contribution in [0.1, 0.15) is 62.6 Å². The Morgan fingerprint density at radius 2 is 1.94 bits per heavy atom. The van der Waals surface area contributed by atoms with Crippen molar-refractivity contribution in [2.45, 2.75) is 52.4 Å². The fraction of sp³-hybridized carbons (Fsp3) is 0.375. The monoisotopic (exact) mass is 486 g/mol. The van der Waals surface area contributed by atoms with E-state index in [4.69, 9.17) is 9.73 Å². The molecular formula is C32H39FN2O. The summed E-state index contributed by atoms with van der Waals surface area (Å²) >= 11 is 0. The van der Waals surface area contributed by atoms with Crippen molar-refractivity contribution in [3.8, 4) is 0 Å². The summed E-state index contributed by atoms with van der Waals surface area (Å²) in [4.78, 5) is 9.18. The van der Waals surface area contributed by atoms with Crippen LogP contribution in [0.3, 0.4) is 0 Å².